The number of aromatic nitrogens is 4. The predicted molar refractivity (Wildman–Crippen MR) is 194 cm³/mol. The molecule has 3 aromatic heterocycles. The van der Waals surface area contributed by atoms with Gasteiger partial charge in [0.1, 0.15) is 23.1 Å². The molecule has 0 saturated carbocycles. The first-order valence-electron chi connectivity index (χ1n) is 16.9. The lowest BCUT2D eigenvalue weighted by atomic mass is 9.89. The van der Waals surface area contributed by atoms with E-state index < -0.39 is 0 Å². The molecule has 4 aromatic carbocycles. The second kappa shape index (κ2) is 13.5. The highest BCUT2D eigenvalue weighted by Crippen LogP contribution is 2.36. The second-order valence-corrected chi connectivity index (χ2v) is 13.5. The smallest absolute Gasteiger partial charge is 0.140 e. The summed E-state index contributed by atoms with van der Waals surface area (Å²) in [4.78, 5) is 4.48. The van der Waals surface area contributed by atoms with Gasteiger partial charge in [-0.2, -0.15) is 5.10 Å². The molecule has 0 radical (unpaired) electrons. The Morgan fingerprint density at radius 3 is 2.17 bits per heavy atom. The lowest BCUT2D eigenvalue weighted by molar-refractivity contribution is 0.483. The minimum atomic E-state index is -0.331. The fourth-order valence-corrected chi connectivity index (χ4v) is 6.52. The maximum atomic E-state index is 14.3. The van der Waals surface area contributed by atoms with E-state index in [0.29, 0.717) is 29.2 Å². The van der Waals surface area contributed by atoms with Crippen LogP contribution in [0.1, 0.15) is 51.7 Å². The molecule has 6 heteroatoms. The van der Waals surface area contributed by atoms with E-state index in [1.165, 1.54) is 35.0 Å². The molecule has 0 unspecified atom stereocenters. The minimum Gasteiger partial charge on any atom is -0.457 e. The summed E-state index contributed by atoms with van der Waals surface area (Å²) in [7, 11) is 0. The topological polar surface area (TPSA) is 44.9 Å². The van der Waals surface area contributed by atoms with Crippen LogP contribution in [0.5, 0.6) is 11.5 Å². The molecule has 0 N–H and O–H groups in total. The molecule has 0 spiro atoms. The van der Waals surface area contributed by atoms with Gasteiger partial charge in [0.2, 0.25) is 0 Å². The molecule has 0 bridgehead atoms. The number of para-hydroxylation sites is 1. The molecule has 0 atom stereocenters. The summed E-state index contributed by atoms with van der Waals surface area (Å²) in [6.07, 6.45) is 10.0. The molecule has 0 aliphatic carbocycles. The Labute approximate surface area is 281 Å². The second-order valence-electron chi connectivity index (χ2n) is 13.5. The number of fused-ring (bicyclic) bond motifs is 3. The third-order valence-electron chi connectivity index (χ3n) is 8.99. The first kappa shape index (κ1) is 31.4. The molecule has 0 aliphatic heterocycles. The summed E-state index contributed by atoms with van der Waals surface area (Å²) in [6.45, 7) is 9.15. The van der Waals surface area contributed by atoms with Crippen molar-refractivity contribution in [1.82, 2.24) is 19.3 Å². The third-order valence-corrected chi connectivity index (χ3v) is 8.99. The number of hydrogen-bond acceptors (Lipinski definition) is 3. The number of pyridine rings is 1. The Hall–Kier alpha value is -5.23. The van der Waals surface area contributed by atoms with Crippen LogP contribution in [0.3, 0.4) is 0 Å². The van der Waals surface area contributed by atoms with Crippen LogP contribution in [-0.4, -0.2) is 19.3 Å². The molecule has 48 heavy (non-hydrogen) atoms. The zero-order valence-corrected chi connectivity index (χ0v) is 28.0. The fraction of sp³-hybridized carbons (Fsp3) is 0.238. The molecule has 0 fully saturated rings. The van der Waals surface area contributed by atoms with Crippen molar-refractivity contribution in [2.75, 3.05) is 0 Å². The van der Waals surface area contributed by atoms with Gasteiger partial charge in [-0.1, -0.05) is 70.2 Å². The highest BCUT2D eigenvalue weighted by Gasteiger charge is 2.16. The number of halogens is 1. The van der Waals surface area contributed by atoms with Gasteiger partial charge in [0.15, 0.2) is 0 Å². The number of nitrogens with zero attached hydrogens (tertiary/aromatic N) is 4. The molecule has 242 valence electrons. The fourth-order valence-electron chi connectivity index (χ4n) is 6.52. The van der Waals surface area contributed by atoms with E-state index in [0.717, 1.165) is 58.7 Å². The summed E-state index contributed by atoms with van der Waals surface area (Å²) < 4.78 is 24.6. The monoisotopic (exact) mass is 636 g/mol. The van der Waals surface area contributed by atoms with Gasteiger partial charge in [0.25, 0.3) is 0 Å². The normalized spacial score (nSPS) is 11.7. The van der Waals surface area contributed by atoms with E-state index >= 15 is 0 Å². The zero-order valence-electron chi connectivity index (χ0n) is 28.0. The molecular weight excluding hydrogens is 595 g/mol. The Bertz CT molecular complexity index is 2180. The molecular formula is C42H41FN4O. The lowest BCUT2D eigenvalue weighted by Gasteiger charge is -2.16. The van der Waals surface area contributed by atoms with E-state index in [1.54, 1.807) is 0 Å². The van der Waals surface area contributed by atoms with Crippen molar-refractivity contribution in [3.8, 4) is 34.1 Å². The van der Waals surface area contributed by atoms with Gasteiger partial charge < -0.3 is 4.74 Å². The Morgan fingerprint density at radius 2 is 1.42 bits per heavy atom. The molecule has 0 saturated heterocycles. The van der Waals surface area contributed by atoms with Crippen molar-refractivity contribution in [2.24, 2.45) is 11.8 Å². The van der Waals surface area contributed by atoms with E-state index in [9.17, 15) is 4.39 Å². The van der Waals surface area contributed by atoms with Gasteiger partial charge in [-0.3, -0.25) is 4.57 Å². The van der Waals surface area contributed by atoms with Crippen molar-refractivity contribution in [3.63, 3.8) is 0 Å². The lowest BCUT2D eigenvalue weighted by Crippen LogP contribution is -2.00. The van der Waals surface area contributed by atoms with Gasteiger partial charge >= 0.3 is 0 Å². The van der Waals surface area contributed by atoms with E-state index in [4.69, 9.17) is 9.84 Å². The van der Waals surface area contributed by atoms with Gasteiger partial charge in [-0.15, -0.1) is 0 Å². The summed E-state index contributed by atoms with van der Waals surface area (Å²) >= 11 is 0. The first-order valence-corrected chi connectivity index (χ1v) is 16.9. The molecule has 7 rings (SSSR count). The number of hydrogen-bond donors (Lipinski definition) is 0. The predicted octanol–water partition coefficient (Wildman–Crippen LogP) is 11.1. The number of benzene rings is 4. The van der Waals surface area contributed by atoms with E-state index in [1.807, 2.05) is 70.0 Å². The SMILES string of the molecule is CC(C)CCc1cccc(CCC(C)C)c1-c1cnn(-c2cccc(Oc3ccc4c5ccccc5n(-c5cc(F)ccn5)c4c3)c2)c1. The Balaban J connectivity index is 1.21. The summed E-state index contributed by atoms with van der Waals surface area (Å²) in [5.41, 5.74) is 8.02. The maximum absolute atomic E-state index is 14.3. The van der Waals surface area contributed by atoms with Crippen molar-refractivity contribution >= 4 is 21.8 Å². The number of ether oxygens (including phenoxy) is 1. The molecule has 7 aromatic rings. The van der Waals surface area contributed by atoms with Crippen LogP contribution < -0.4 is 4.74 Å². The Kier molecular flexibility index (Phi) is 8.81. The van der Waals surface area contributed by atoms with Crippen molar-refractivity contribution in [1.29, 1.82) is 0 Å². The van der Waals surface area contributed by atoms with Crippen LogP contribution >= 0.6 is 0 Å². The van der Waals surface area contributed by atoms with Gasteiger partial charge in [-0.25, -0.2) is 14.1 Å². The van der Waals surface area contributed by atoms with Gasteiger partial charge in [-0.05, 0) is 90.6 Å². The summed E-state index contributed by atoms with van der Waals surface area (Å²) in [5, 5.41) is 6.94. The number of aryl methyl sites for hydroxylation is 2. The average Bonchev–Trinajstić information content (AvgIpc) is 3.69. The average molecular weight is 637 g/mol. The van der Waals surface area contributed by atoms with Gasteiger partial charge in [0, 0.05) is 46.9 Å². The Morgan fingerprint density at radius 1 is 0.708 bits per heavy atom. The zero-order chi connectivity index (χ0) is 33.2. The highest BCUT2D eigenvalue weighted by molar-refractivity contribution is 6.09. The summed E-state index contributed by atoms with van der Waals surface area (Å²) in [6, 6.07) is 31.7. The summed E-state index contributed by atoms with van der Waals surface area (Å²) in [5.74, 6) is 2.85. The number of rotatable bonds is 11. The third kappa shape index (κ3) is 6.48. The van der Waals surface area contributed by atoms with Crippen LogP contribution in [0.2, 0.25) is 0 Å². The van der Waals surface area contributed by atoms with Crippen LogP contribution in [0.4, 0.5) is 4.39 Å². The van der Waals surface area contributed by atoms with Gasteiger partial charge in [0.05, 0.1) is 22.9 Å². The molecule has 5 nitrogen and oxygen atoms in total. The van der Waals surface area contributed by atoms with E-state index in [-0.39, 0.29) is 5.82 Å². The first-order chi connectivity index (χ1) is 23.3. The van der Waals surface area contributed by atoms with Crippen LogP contribution in [0.25, 0.3) is 44.4 Å². The highest BCUT2D eigenvalue weighted by atomic mass is 19.1. The van der Waals surface area contributed by atoms with Crippen molar-refractivity contribution < 1.29 is 9.13 Å². The maximum Gasteiger partial charge on any atom is 0.140 e. The van der Waals surface area contributed by atoms with Crippen LogP contribution in [0, 0.1) is 17.7 Å². The van der Waals surface area contributed by atoms with E-state index in [2.05, 4.69) is 69.2 Å². The van der Waals surface area contributed by atoms with Crippen molar-refractivity contribution in [3.05, 3.63) is 133 Å². The van der Waals surface area contributed by atoms with Crippen LogP contribution in [0.15, 0.2) is 116 Å². The standard InChI is InChI=1S/C42H41FN4O/c1-28(2)15-17-30-9-7-10-31(18-16-29(3)4)42(30)32-26-45-46(27-32)34-11-8-12-35(24-34)48-36-19-20-38-37-13-5-6-14-39(37)47(40(38)25-36)41-23-33(43)21-22-44-41/h5-14,19-29H,15-18H2,1-4H3. The molecule has 0 amide bonds. The van der Waals surface area contributed by atoms with Crippen LogP contribution in [-0.2, 0) is 12.8 Å². The van der Waals surface area contributed by atoms with Crippen molar-refractivity contribution in [2.45, 2.75) is 53.4 Å². The quantitative estimate of drug-likeness (QED) is 0.142. The molecule has 0 aliphatic rings. The largest absolute Gasteiger partial charge is 0.457 e. The molecule has 3 heterocycles. The minimum absolute atomic E-state index is 0.331.